The number of carbonyl (C=O) groups excluding carboxylic acids is 1. The highest BCUT2D eigenvalue weighted by atomic mass is 32.1. The van der Waals surface area contributed by atoms with Crippen LogP contribution in [-0.2, 0) is 13.6 Å². The van der Waals surface area contributed by atoms with Crippen molar-refractivity contribution in [3.05, 3.63) is 52.8 Å². The molecule has 0 unspecified atom stereocenters. The smallest absolute Gasteiger partial charge is 0.253 e. The van der Waals surface area contributed by atoms with Crippen molar-refractivity contribution in [2.24, 2.45) is 7.05 Å². The van der Waals surface area contributed by atoms with Crippen LogP contribution >= 0.6 is 12.2 Å². The number of aromatic nitrogens is 4. The highest BCUT2D eigenvalue weighted by Crippen LogP contribution is 2.16. The molecule has 2 aromatic heterocycles. The summed E-state index contributed by atoms with van der Waals surface area (Å²) in [7, 11) is 1.80. The number of pyridine rings is 1. The molecule has 1 aromatic carbocycles. The molecular weight excluding hydrogens is 286 g/mol. The van der Waals surface area contributed by atoms with E-state index in [9.17, 15) is 4.79 Å². The number of amides is 1. The van der Waals surface area contributed by atoms with Gasteiger partial charge in [-0.05, 0) is 17.6 Å². The third kappa shape index (κ3) is 2.55. The van der Waals surface area contributed by atoms with Gasteiger partial charge in [-0.2, -0.15) is 5.10 Å². The zero-order valence-electron chi connectivity index (χ0n) is 11.3. The topological polar surface area (TPSA) is 75.6 Å². The number of H-pyrrole nitrogens is 1. The van der Waals surface area contributed by atoms with Crippen LogP contribution in [0, 0.1) is 4.77 Å². The van der Waals surface area contributed by atoms with Crippen molar-refractivity contribution in [2.75, 3.05) is 0 Å². The molecule has 0 saturated heterocycles. The van der Waals surface area contributed by atoms with E-state index < -0.39 is 0 Å². The van der Waals surface area contributed by atoms with Gasteiger partial charge in [0.1, 0.15) is 0 Å². The molecule has 0 fully saturated rings. The Bertz CT molecular complexity index is 862. The van der Waals surface area contributed by atoms with Gasteiger partial charge < -0.3 is 9.88 Å². The molecule has 0 atom stereocenters. The molecule has 0 aliphatic heterocycles. The Morgan fingerprint density at radius 2 is 2.19 bits per heavy atom. The average molecular weight is 299 g/mol. The lowest BCUT2D eigenvalue weighted by atomic mass is 10.1. The van der Waals surface area contributed by atoms with Gasteiger partial charge >= 0.3 is 0 Å². The van der Waals surface area contributed by atoms with E-state index in [1.54, 1.807) is 24.0 Å². The van der Waals surface area contributed by atoms with Crippen LogP contribution in [0.5, 0.6) is 0 Å². The van der Waals surface area contributed by atoms with Crippen LogP contribution in [0.2, 0.25) is 0 Å². The minimum Gasteiger partial charge on any atom is -0.345 e. The molecule has 2 heterocycles. The number of hydrogen-bond donors (Lipinski definition) is 2. The maximum Gasteiger partial charge on any atom is 0.253 e. The molecule has 3 rings (SSSR count). The number of nitrogens with one attached hydrogen (secondary N) is 2. The zero-order chi connectivity index (χ0) is 14.8. The summed E-state index contributed by atoms with van der Waals surface area (Å²) in [5.74, 6) is 0.481. The SMILES string of the molecule is Cn1c(CNC(=O)c2cncc3ccccc23)n[nH]c1=S. The highest BCUT2D eigenvalue weighted by Gasteiger charge is 2.11. The third-order valence-electron chi connectivity index (χ3n) is 3.29. The minimum absolute atomic E-state index is 0.187. The molecule has 0 radical (unpaired) electrons. The Balaban J connectivity index is 1.84. The Kier molecular flexibility index (Phi) is 3.49. The zero-order valence-corrected chi connectivity index (χ0v) is 12.1. The second-order valence-corrected chi connectivity index (χ2v) is 4.98. The summed E-state index contributed by atoms with van der Waals surface area (Å²) in [6, 6.07) is 7.65. The monoisotopic (exact) mass is 299 g/mol. The molecule has 6 nitrogen and oxygen atoms in total. The van der Waals surface area contributed by atoms with Crippen LogP contribution < -0.4 is 5.32 Å². The third-order valence-corrected chi connectivity index (χ3v) is 3.66. The number of hydrogen-bond acceptors (Lipinski definition) is 4. The Hall–Kier alpha value is -2.54. The number of carbonyl (C=O) groups is 1. The fourth-order valence-corrected chi connectivity index (χ4v) is 2.24. The van der Waals surface area contributed by atoms with Gasteiger partial charge in [-0.1, -0.05) is 24.3 Å². The van der Waals surface area contributed by atoms with E-state index in [-0.39, 0.29) is 5.91 Å². The quantitative estimate of drug-likeness (QED) is 0.725. The molecule has 0 aliphatic carbocycles. The van der Waals surface area contributed by atoms with Gasteiger partial charge in [-0.15, -0.1) is 0 Å². The van der Waals surface area contributed by atoms with Crippen molar-refractivity contribution in [1.82, 2.24) is 25.1 Å². The second kappa shape index (κ2) is 5.45. The van der Waals surface area contributed by atoms with E-state index in [0.717, 1.165) is 10.8 Å². The highest BCUT2D eigenvalue weighted by molar-refractivity contribution is 7.71. The first-order valence-corrected chi connectivity index (χ1v) is 6.79. The first-order valence-electron chi connectivity index (χ1n) is 6.38. The maximum absolute atomic E-state index is 12.3. The van der Waals surface area contributed by atoms with Gasteiger partial charge in [0.05, 0.1) is 12.1 Å². The van der Waals surface area contributed by atoms with Crippen LogP contribution in [0.4, 0.5) is 0 Å². The van der Waals surface area contributed by atoms with E-state index in [4.69, 9.17) is 12.2 Å². The molecule has 0 bridgehead atoms. The predicted octanol–water partition coefficient (Wildman–Crippen LogP) is 1.96. The average Bonchev–Trinajstić information content (AvgIpc) is 2.84. The van der Waals surface area contributed by atoms with E-state index in [2.05, 4.69) is 20.5 Å². The summed E-state index contributed by atoms with van der Waals surface area (Å²) >= 11 is 5.03. The van der Waals surface area contributed by atoms with Gasteiger partial charge in [0, 0.05) is 24.8 Å². The lowest BCUT2D eigenvalue weighted by molar-refractivity contribution is 0.0951. The summed E-state index contributed by atoms with van der Waals surface area (Å²) in [5.41, 5.74) is 0.546. The van der Waals surface area contributed by atoms with Crippen LogP contribution in [0.1, 0.15) is 16.2 Å². The molecule has 106 valence electrons. The molecule has 3 aromatic rings. The summed E-state index contributed by atoms with van der Waals surface area (Å²) in [4.78, 5) is 16.4. The molecular formula is C14H13N5OS. The Morgan fingerprint density at radius 3 is 2.95 bits per heavy atom. The normalized spacial score (nSPS) is 10.7. The van der Waals surface area contributed by atoms with E-state index >= 15 is 0 Å². The molecule has 1 amide bonds. The van der Waals surface area contributed by atoms with Crippen molar-refractivity contribution in [2.45, 2.75) is 6.54 Å². The Morgan fingerprint density at radius 1 is 1.38 bits per heavy atom. The van der Waals surface area contributed by atoms with Crippen molar-refractivity contribution < 1.29 is 4.79 Å². The fourth-order valence-electron chi connectivity index (χ4n) is 2.09. The maximum atomic E-state index is 12.3. The first-order chi connectivity index (χ1) is 10.2. The molecule has 0 saturated carbocycles. The minimum atomic E-state index is -0.187. The van der Waals surface area contributed by atoms with Gasteiger partial charge in [0.25, 0.3) is 5.91 Å². The van der Waals surface area contributed by atoms with Crippen LogP contribution in [0.25, 0.3) is 10.8 Å². The van der Waals surface area contributed by atoms with Crippen molar-refractivity contribution >= 4 is 28.9 Å². The van der Waals surface area contributed by atoms with E-state index in [0.29, 0.717) is 22.7 Å². The summed E-state index contributed by atoms with van der Waals surface area (Å²) in [5, 5.41) is 11.4. The molecule has 21 heavy (non-hydrogen) atoms. The molecule has 0 aliphatic rings. The van der Waals surface area contributed by atoms with E-state index in [1.165, 1.54) is 0 Å². The lowest BCUT2D eigenvalue weighted by Crippen LogP contribution is -2.24. The fraction of sp³-hybridized carbons (Fsp3) is 0.143. The van der Waals surface area contributed by atoms with Gasteiger partial charge in [-0.25, -0.2) is 0 Å². The summed E-state index contributed by atoms with van der Waals surface area (Å²) in [6.07, 6.45) is 3.31. The largest absolute Gasteiger partial charge is 0.345 e. The molecule has 2 N–H and O–H groups in total. The number of aromatic amines is 1. The lowest BCUT2D eigenvalue weighted by Gasteiger charge is -2.07. The van der Waals surface area contributed by atoms with Crippen molar-refractivity contribution in [1.29, 1.82) is 0 Å². The van der Waals surface area contributed by atoms with Crippen molar-refractivity contribution in [3.8, 4) is 0 Å². The van der Waals surface area contributed by atoms with Gasteiger partial charge in [0.15, 0.2) is 10.6 Å². The van der Waals surface area contributed by atoms with Crippen LogP contribution in [0.3, 0.4) is 0 Å². The van der Waals surface area contributed by atoms with Gasteiger partial charge in [-0.3, -0.25) is 14.9 Å². The molecule has 7 heteroatoms. The number of fused-ring (bicyclic) bond motifs is 1. The number of rotatable bonds is 3. The Labute approximate surface area is 125 Å². The number of nitrogens with zero attached hydrogens (tertiary/aromatic N) is 3. The van der Waals surface area contributed by atoms with Crippen LogP contribution in [-0.4, -0.2) is 25.7 Å². The second-order valence-electron chi connectivity index (χ2n) is 4.59. The predicted molar refractivity (Wildman–Crippen MR) is 81.3 cm³/mol. The summed E-state index contributed by atoms with van der Waals surface area (Å²) < 4.78 is 2.24. The standard InChI is InChI=1S/C14H13N5OS/c1-19-12(17-18-14(19)21)8-16-13(20)11-7-15-6-9-4-2-3-5-10(9)11/h2-7H,8H2,1H3,(H,16,20)(H,18,21). The first kappa shape index (κ1) is 13.4. The van der Waals surface area contributed by atoms with Crippen LogP contribution in [0.15, 0.2) is 36.7 Å². The van der Waals surface area contributed by atoms with Gasteiger partial charge in [0.2, 0.25) is 0 Å². The van der Waals surface area contributed by atoms with E-state index in [1.807, 2.05) is 24.3 Å². The number of benzene rings is 1. The van der Waals surface area contributed by atoms with Crippen molar-refractivity contribution in [3.63, 3.8) is 0 Å². The summed E-state index contributed by atoms with van der Waals surface area (Å²) in [6.45, 7) is 0.297. The molecule has 0 spiro atoms.